The summed E-state index contributed by atoms with van der Waals surface area (Å²) in [6.45, 7) is 14.5. The van der Waals surface area contributed by atoms with Crippen LogP contribution >= 0.6 is 45.6 Å². The van der Waals surface area contributed by atoms with Gasteiger partial charge in [-0.2, -0.15) is 0 Å². The minimum absolute atomic E-state index is 0. The Balaban J connectivity index is -0.0000000692. The molecule has 0 spiro atoms. The first-order valence-electron chi connectivity index (χ1n) is 32.0. The second-order valence-electron chi connectivity index (χ2n) is 22.8. The molecule has 0 aliphatic carbocycles. The Morgan fingerprint density at radius 2 is 0.309 bits per heavy atom. The Bertz CT molecular complexity index is 3430. The largest absolute Gasteiger partial charge is 2.00 e. The SMILES string of the molecule is CC(C)(/N=C/c1ccccc1O)P(=O)([O-])[O-].CC(C)(/N=C/c1ccccc1O)P(=O)([O-])[O-].CC(C)(/N=C/c1ccccc1O)P(=O)([O-])[O-].CC(C)(/N=C/c1ccccc1O)P(=O)([O-])[O-].CC(C)(/N=C/c1ccccc1[O-])P(=O)([O-])[O-].CC(C)(/N=C/c1ccccc1[O-])P(=O)([O-])[O-].CO.CO.CO.CO.CO.CO.CO.CO.CO.CO.[Co+2].[Co+2].[Co+2].[Co+2].[Co+2].[Co+2].[Co+2]. The van der Waals surface area contributed by atoms with Gasteiger partial charge in [0.1, 0.15) is 23.0 Å². The Morgan fingerprint density at radius 1 is 0.211 bits per heavy atom. The number of phenolic OH excluding ortho intramolecular Hbond substituents is 4. The van der Waals surface area contributed by atoms with E-state index in [4.69, 9.17) is 51.1 Å². The second kappa shape index (κ2) is 82.6. The summed E-state index contributed by atoms with van der Waals surface area (Å²) in [7, 11) is -18.8. The number of benzene rings is 6. The first-order valence-corrected chi connectivity index (χ1v) is 41.2. The van der Waals surface area contributed by atoms with Gasteiger partial charge in [0.05, 0.1) is 31.7 Å². The van der Waals surface area contributed by atoms with Crippen molar-refractivity contribution < 1.29 is 285 Å². The topological polar surface area (TPSA) is 783 Å². The number of hydrogen-bond acceptors (Lipinski definition) is 40. The zero-order chi connectivity index (χ0) is 94.4. The number of hydrogen-bond donors (Lipinski definition) is 14. The molecule has 14 N–H and O–H groups in total. The van der Waals surface area contributed by atoms with Crippen LogP contribution in [-0.4, -0.2) is 212 Å². The van der Waals surface area contributed by atoms with Crippen LogP contribution in [0.4, 0.5) is 0 Å². The van der Waals surface area contributed by atoms with Crippen molar-refractivity contribution in [1.29, 1.82) is 0 Å². The fourth-order valence-electron chi connectivity index (χ4n) is 5.35. The van der Waals surface area contributed by atoms with Crippen molar-refractivity contribution in [3.63, 3.8) is 0 Å². The Kier molecular flexibility index (Phi) is 107. The number of para-hydroxylation sites is 6. The van der Waals surface area contributed by atoms with Crippen LogP contribution in [0.3, 0.4) is 0 Å². The second-order valence-corrected chi connectivity index (χ2v) is 35.3. The van der Waals surface area contributed by atoms with Crippen LogP contribution in [-0.2, 0) is 145 Å². The average Bonchev–Trinajstić information content (AvgIpc) is 0.860. The van der Waals surface area contributed by atoms with Gasteiger partial charge in [-0.05, 0) is 188 Å². The molecule has 0 fully saturated rings. The summed E-state index contributed by atoms with van der Waals surface area (Å²) in [4.78, 5) is 152. The van der Waals surface area contributed by atoms with Crippen LogP contribution in [0, 0.1) is 0 Å². The molecule has 0 saturated carbocycles. The summed E-state index contributed by atoms with van der Waals surface area (Å²) in [6.07, 6.45) is 6.95. The van der Waals surface area contributed by atoms with Gasteiger partial charge in [-0.1, -0.05) is 97.1 Å². The van der Waals surface area contributed by atoms with Crippen LogP contribution < -0.4 is 68.9 Å². The maximum atomic E-state index is 11.3. The van der Waals surface area contributed by atoms with Crippen molar-refractivity contribution in [2.24, 2.45) is 30.0 Å². The van der Waals surface area contributed by atoms with Gasteiger partial charge in [-0.25, -0.2) is 0 Å². The molecule has 0 aliphatic heterocycles. The van der Waals surface area contributed by atoms with Crippen molar-refractivity contribution in [3.8, 4) is 34.5 Å². The van der Waals surface area contributed by atoms with Crippen molar-refractivity contribution in [2.45, 2.75) is 115 Å². The van der Waals surface area contributed by atoms with E-state index in [9.17, 15) is 117 Å². The van der Waals surface area contributed by atoms with Crippen molar-refractivity contribution in [2.75, 3.05) is 71.1 Å². The maximum Gasteiger partial charge on any atom is 2.00 e. The van der Waals surface area contributed by atoms with Crippen LogP contribution in [0.25, 0.3) is 0 Å². The molecule has 123 heavy (non-hydrogen) atoms. The molecular weight excluding hydrogens is 2070 g/mol. The van der Waals surface area contributed by atoms with Gasteiger partial charge in [-0.15, -0.1) is 11.5 Å². The predicted octanol–water partition coefficient (Wildman–Crippen LogP) is -2.43. The summed E-state index contributed by atoms with van der Waals surface area (Å²) in [6, 6.07) is 37.3. The molecule has 6 rings (SSSR count). The number of aliphatic hydroxyl groups excluding tert-OH is 10. The van der Waals surface area contributed by atoms with E-state index < -0.39 is 77.3 Å². The molecule has 0 unspecified atom stereocenters. The number of aliphatic imine (C=N–C) groups is 6. The third-order valence-electron chi connectivity index (χ3n) is 12.7. The normalized spacial score (nSPS) is 10.8. The molecule has 40 nitrogen and oxygen atoms in total. The molecule has 6 aromatic rings. The summed E-state index contributed by atoms with van der Waals surface area (Å²) >= 11 is 0. The quantitative estimate of drug-likeness (QED) is 0.0314. The van der Waals surface area contributed by atoms with Crippen molar-refractivity contribution in [3.05, 3.63) is 179 Å². The van der Waals surface area contributed by atoms with Gasteiger partial charge in [0.2, 0.25) is 0 Å². The maximum absolute atomic E-state index is 11.3. The van der Waals surface area contributed by atoms with Crippen molar-refractivity contribution in [1.82, 2.24) is 0 Å². The van der Waals surface area contributed by atoms with E-state index in [-0.39, 0.29) is 163 Å². The molecule has 717 valence electrons. The summed E-state index contributed by atoms with van der Waals surface area (Å²) in [5.41, 5.74) is 1.97. The van der Waals surface area contributed by atoms with E-state index in [1.165, 1.54) is 156 Å². The number of rotatable bonds is 18. The van der Waals surface area contributed by atoms with Crippen LogP contribution in [0.1, 0.15) is 116 Å². The molecule has 0 aliphatic rings. The number of aliphatic hydroxyl groups is 10. The average molecular weight is 2180 g/mol. The zero-order valence-electron chi connectivity index (χ0n) is 70.4. The van der Waals surface area contributed by atoms with Crippen LogP contribution in [0.5, 0.6) is 34.5 Å². The Labute approximate surface area is 791 Å². The van der Waals surface area contributed by atoms with Gasteiger partial charge >= 0.3 is 117 Å². The Morgan fingerprint density at radius 3 is 0.415 bits per heavy atom. The van der Waals surface area contributed by atoms with Gasteiger partial charge in [0.25, 0.3) is 0 Å². The van der Waals surface area contributed by atoms with Gasteiger partial charge in [0.15, 0.2) is 0 Å². The minimum Gasteiger partial charge on any atom is -0.872 e. The van der Waals surface area contributed by atoms with E-state index in [1.807, 2.05) is 0 Å². The first kappa shape index (κ1) is 159. The van der Waals surface area contributed by atoms with Gasteiger partial charge < -0.3 is 168 Å². The first-order chi connectivity index (χ1) is 53.4. The number of phenols is 4. The number of nitrogens with zero attached hydrogens (tertiary/aromatic N) is 6. The standard InChI is InChI=1S/6C10H14NO4P.10CH4O.7Co/c6*1-10(2,16(13,14)15)11-7-8-5-3-4-6-9(8)12;10*1-2;;;;;;;/h6*3-7,12H,1-2H3,(H2,13,14,15);10*2H,1H3;;;;;;;/q;;;;;;;;;;;;;;;;7*+2/p-14/b6*11-7+;;;;;;;;;;;;;;;;;. The van der Waals surface area contributed by atoms with Crippen LogP contribution in [0.15, 0.2) is 176 Å². The molecular formula is C70H110Co7N6O34P6. The van der Waals surface area contributed by atoms with E-state index in [0.717, 1.165) is 83.5 Å². The van der Waals surface area contributed by atoms with E-state index in [1.54, 1.807) is 97.1 Å². The summed E-state index contributed by atoms with van der Waals surface area (Å²) in [5.74, 6) is -0.618. The van der Waals surface area contributed by atoms with Gasteiger partial charge in [0, 0.05) is 131 Å². The molecule has 0 atom stereocenters. The summed E-state index contributed by atoms with van der Waals surface area (Å²) in [5, 5.41) is 120. The molecule has 0 heterocycles. The zero-order valence-corrected chi connectivity index (χ0v) is 83.1. The third-order valence-corrected chi connectivity index (χ3v) is 21.5. The van der Waals surface area contributed by atoms with E-state index in [0.29, 0.717) is 22.3 Å². The minimum atomic E-state index is -4.82. The fraction of sp³-hybridized carbons (Fsp3) is 0.400. The van der Waals surface area contributed by atoms with E-state index in [2.05, 4.69) is 30.0 Å². The molecule has 0 aromatic heterocycles. The molecule has 0 saturated heterocycles. The molecule has 0 amide bonds. The predicted molar refractivity (Wildman–Crippen MR) is 421 cm³/mol. The third kappa shape index (κ3) is 68.9. The molecule has 0 bridgehead atoms. The smallest absolute Gasteiger partial charge is 0.872 e. The van der Waals surface area contributed by atoms with Gasteiger partial charge in [-0.3, -0.25) is 30.0 Å². The monoisotopic (exact) mass is 2180 g/mol. The molecule has 53 heteroatoms. The summed E-state index contributed by atoms with van der Waals surface area (Å²) < 4.78 is 65.1. The fourth-order valence-corrected chi connectivity index (χ4v) is 6.55. The van der Waals surface area contributed by atoms with E-state index >= 15 is 0 Å². The number of aromatic hydroxyl groups is 4. The van der Waals surface area contributed by atoms with Crippen LogP contribution in [0.2, 0.25) is 0 Å². The molecule has 6 aromatic carbocycles. The Hall–Kier alpha value is -3.81. The molecule has 7 radical (unpaired) electrons. The van der Waals surface area contributed by atoms with Crippen molar-refractivity contribution >= 4 is 82.9 Å².